The Morgan fingerprint density at radius 2 is 2.16 bits per heavy atom. The van der Waals surface area contributed by atoms with Gasteiger partial charge in [-0.3, -0.25) is 4.79 Å². The number of fused-ring (bicyclic) bond motifs is 1. The molecule has 96 valence electrons. The highest BCUT2D eigenvalue weighted by Gasteiger charge is 2.12. The van der Waals surface area contributed by atoms with Gasteiger partial charge in [0.25, 0.3) is 0 Å². The van der Waals surface area contributed by atoms with E-state index in [0.717, 1.165) is 5.56 Å². The molecule has 0 radical (unpaired) electrons. The van der Waals surface area contributed by atoms with E-state index in [0.29, 0.717) is 27.2 Å². The van der Waals surface area contributed by atoms with E-state index in [-0.39, 0.29) is 5.43 Å². The Morgan fingerprint density at radius 3 is 2.79 bits per heavy atom. The molecule has 1 heterocycles. The van der Waals surface area contributed by atoms with Crippen LogP contribution in [-0.2, 0) is 0 Å². The highest BCUT2D eigenvalue weighted by molar-refractivity contribution is 7.80. The zero-order valence-electron chi connectivity index (χ0n) is 10.6. The maximum absolute atomic E-state index is 12.3. The van der Waals surface area contributed by atoms with Gasteiger partial charge in [-0.05, 0) is 30.2 Å². The van der Waals surface area contributed by atoms with Crippen molar-refractivity contribution in [2.24, 2.45) is 0 Å². The number of rotatable bonds is 3. The summed E-state index contributed by atoms with van der Waals surface area (Å²) in [5, 5.41) is 0.515. The van der Waals surface area contributed by atoms with Crippen LogP contribution in [0.4, 0.5) is 0 Å². The van der Waals surface area contributed by atoms with Crippen LogP contribution in [0, 0.1) is 0 Å². The fourth-order valence-corrected chi connectivity index (χ4v) is 2.13. The molecule has 0 atom stereocenters. The van der Waals surface area contributed by atoms with Crippen molar-refractivity contribution >= 4 is 35.2 Å². The number of hydrogen-bond acceptors (Lipinski definition) is 3. The molecule has 0 bridgehead atoms. The predicted molar refractivity (Wildman–Crippen MR) is 83.7 cm³/mol. The van der Waals surface area contributed by atoms with Gasteiger partial charge in [0.15, 0.2) is 0 Å². The van der Waals surface area contributed by atoms with Crippen LogP contribution in [0.2, 0.25) is 0 Å². The summed E-state index contributed by atoms with van der Waals surface area (Å²) in [6.07, 6.45) is 5.37. The Morgan fingerprint density at radius 1 is 1.42 bits per heavy atom. The van der Waals surface area contributed by atoms with Crippen LogP contribution in [0.15, 0.2) is 57.6 Å². The zero-order valence-corrected chi connectivity index (χ0v) is 11.5. The van der Waals surface area contributed by atoms with Crippen molar-refractivity contribution in [2.75, 3.05) is 0 Å². The zero-order chi connectivity index (χ0) is 14.0. The fraction of sp³-hybridized carbons (Fsp3) is 0.0625. The standard InChI is InChI=1S/C16H14O2S/c1-4-5-6-11-7-8-13-12(9-11)14(17)16(19)15(18-13)10(2)3/h4-9,19H,1-2H2,3H3/b6-5+. The molecule has 2 rings (SSSR count). The van der Waals surface area contributed by atoms with Crippen molar-refractivity contribution in [3.63, 3.8) is 0 Å². The van der Waals surface area contributed by atoms with Gasteiger partial charge in [-0.15, -0.1) is 12.6 Å². The molecule has 0 fully saturated rings. The maximum atomic E-state index is 12.3. The number of benzene rings is 1. The van der Waals surface area contributed by atoms with E-state index in [9.17, 15) is 4.79 Å². The molecular formula is C16H14O2S. The summed E-state index contributed by atoms with van der Waals surface area (Å²) in [6, 6.07) is 5.44. The molecule has 0 saturated heterocycles. The third-order valence-corrected chi connectivity index (χ3v) is 3.11. The highest BCUT2D eigenvalue weighted by atomic mass is 32.1. The third kappa shape index (κ3) is 2.56. The monoisotopic (exact) mass is 270 g/mol. The SMILES string of the molecule is C=C/C=C/c1ccc2oc(C(=C)C)c(S)c(=O)c2c1. The molecule has 19 heavy (non-hydrogen) atoms. The van der Waals surface area contributed by atoms with E-state index >= 15 is 0 Å². The maximum Gasteiger partial charge on any atom is 0.206 e. The number of thiol groups is 1. The molecular weight excluding hydrogens is 256 g/mol. The molecule has 1 aromatic heterocycles. The Labute approximate surface area is 117 Å². The first-order valence-corrected chi connectivity index (χ1v) is 6.24. The van der Waals surface area contributed by atoms with Crippen molar-refractivity contribution in [1.29, 1.82) is 0 Å². The Hall–Kier alpha value is -2.00. The summed E-state index contributed by atoms with van der Waals surface area (Å²) in [7, 11) is 0. The molecule has 2 aromatic rings. The first-order valence-electron chi connectivity index (χ1n) is 5.79. The molecule has 0 aliphatic heterocycles. The predicted octanol–water partition coefficient (Wildman–Crippen LogP) is 4.31. The average Bonchev–Trinajstić information content (AvgIpc) is 2.40. The molecule has 0 spiro atoms. The topological polar surface area (TPSA) is 30.2 Å². The summed E-state index contributed by atoms with van der Waals surface area (Å²) in [5.74, 6) is 0.440. The van der Waals surface area contributed by atoms with E-state index in [4.69, 9.17) is 4.42 Å². The molecule has 0 unspecified atom stereocenters. The van der Waals surface area contributed by atoms with Crippen LogP contribution in [0.1, 0.15) is 18.2 Å². The second-order valence-electron chi connectivity index (χ2n) is 4.24. The van der Waals surface area contributed by atoms with Crippen LogP contribution in [0.25, 0.3) is 22.6 Å². The smallest absolute Gasteiger partial charge is 0.206 e. The second-order valence-corrected chi connectivity index (χ2v) is 4.69. The van der Waals surface area contributed by atoms with E-state index in [1.165, 1.54) is 0 Å². The minimum atomic E-state index is -0.142. The average molecular weight is 270 g/mol. The Bertz CT molecular complexity index is 751. The fourth-order valence-electron chi connectivity index (χ4n) is 1.78. The minimum Gasteiger partial charge on any atom is -0.455 e. The summed E-state index contributed by atoms with van der Waals surface area (Å²) < 4.78 is 5.67. The molecule has 1 aromatic carbocycles. The van der Waals surface area contributed by atoms with Gasteiger partial charge in [0.1, 0.15) is 11.3 Å². The highest BCUT2D eigenvalue weighted by Crippen LogP contribution is 2.24. The van der Waals surface area contributed by atoms with Crippen LogP contribution in [-0.4, -0.2) is 0 Å². The Balaban J connectivity index is 2.75. The summed E-state index contributed by atoms with van der Waals surface area (Å²) in [5.41, 5.74) is 1.99. The van der Waals surface area contributed by atoms with Crippen molar-refractivity contribution in [2.45, 2.75) is 11.8 Å². The molecule has 3 heteroatoms. The van der Waals surface area contributed by atoms with Crippen LogP contribution in [0.3, 0.4) is 0 Å². The summed E-state index contributed by atoms with van der Waals surface area (Å²) in [6.45, 7) is 9.18. The molecule has 0 saturated carbocycles. The molecule has 0 aliphatic rings. The van der Waals surface area contributed by atoms with Gasteiger partial charge in [-0.25, -0.2) is 0 Å². The van der Waals surface area contributed by atoms with Gasteiger partial charge in [0, 0.05) is 0 Å². The van der Waals surface area contributed by atoms with Gasteiger partial charge in [0.05, 0.1) is 10.3 Å². The van der Waals surface area contributed by atoms with Crippen molar-refractivity contribution in [1.82, 2.24) is 0 Å². The van der Waals surface area contributed by atoms with E-state index in [1.807, 2.05) is 18.2 Å². The van der Waals surface area contributed by atoms with Gasteiger partial charge < -0.3 is 4.42 Å². The first kappa shape index (κ1) is 13.4. The molecule has 0 N–H and O–H groups in total. The van der Waals surface area contributed by atoms with Crippen LogP contribution >= 0.6 is 12.6 Å². The second kappa shape index (κ2) is 5.33. The van der Waals surface area contributed by atoms with Crippen molar-refractivity contribution in [3.8, 4) is 0 Å². The normalized spacial score (nSPS) is 11.1. The molecule has 0 aliphatic carbocycles. The largest absolute Gasteiger partial charge is 0.455 e. The summed E-state index contributed by atoms with van der Waals surface area (Å²) in [4.78, 5) is 12.6. The Kier molecular flexibility index (Phi) is 3.76. The van der Waals surface area contributed by atoms with Crippen LogP contribution in [0.5, 0.6) is 0 Å². The molecule has 2 nitrogen and oxygen atoms in total. The van der Waals surface area contributed by atoms with Crippen molar-refractivity contribution in [3.05, 3.63) is 65.1 Å². The van der Waals surface area contributed by atoms with Crippen LogP contribution < -0.4 is 5.43 Å². The van der Waals surface area contributed by atoms with E-state index in [2.05, 4.69) is 25.8 Å². The quantitative estimate of drug-likeness (QED) is 0.665. The van der Waals surface area contributed by atoms with Gasteiger partial charge >= 0.3 is 0 Å². The first-order chi connectivity index (χ1) is 9.04. The summed E-state index contributed by atoms with van der Waals surface area (Å²) >= 11 is 4.23. The van der Waals surface area contributed by atoms with E-state index in [1.54, 1.807) is 25.1 Å². The van der Waals surface area contributed by atoms with E-state index < -0.39 is 0 Å². The van der Waals surface area contributed by atoms with Gasteiger partial charge in [0.2, 0.25) is 5.43 Å². The lowest BCUT2D eigenvalue weighted by atomic mass is 10.1. The number of hydrogen-bond donors (Lipinski definition) is 1. The molecule has 0 amide bonds. The van der Waals surface area contributed by atoms with Crippen molar-refractivity contribution < 1.29 is 4.42 Å². The van der Waals surface area contributed by atoms with Gasteiger partial charge in [-0.1, -0.05) is 37.5 Å². The third-order valence-electron chi connectivity index (χ3n) is 2.70. The lowest BCUT2D eigenvalue weighted by Crippen LogP contribution is -2.05. The number of allylic oxidation sites excluding steroid dienone is 3. The lowest BCUT2D eigenvalue weighted by Gasteiger charge is -2.06. The minimum absolute atomic E-state index is 0.142. The van der Waals surface area contributed by atoms with Gasteiger partial charge in [-0.2, -0.15) is 0 Å². The lowest BCUT2D eigenvalue weighted by molar-refractivity contribution is 0.570.